The number of amides is 1. The van der Waals surface area contributed by atoms with Crippen molar-refractivity contribution < 1.29 is 9.53 Å². The third kappa shape index (κ3) is 3.72. The zero-order chi connectivity index (χ0) is 17.2. The van der Waals surface area contributed by atoms with E-state index in [1.54, 1.807) is 11.3 Å². The molecule has 2 aliphatic heterocycles. The van der Waals surface area contributed by atoms with E-state index < -0.39 is 0 Å². The van der Waals surface area contributed by atoms with Gasteiger partial charge in [0.2, 0.25) is 11.7 Å². The van der Waals surface area contributed by atoms with Crippen LogP contribution in [0.25, 0.3) is 10.2 Å². The van der Waals surface area contributed by atoms with Gasteiger partial charge < -0.3 is 14.5 Å². The molecular weight excluding hydrogens is 362 g/mol. The molecule has 2 aliphatic rings. The first kappa shape index (κ1) is 17.0. The van der Waals surface area contributed by atoms with E-state index in [0.717, 1.165) is 68.3 Å². The molecule has 134 valence electrons. The smallest absolute Gasteiger partial charge is 0.224 e. The molecule has 7 nitrogen and oxygen atoms in total. The lowest BCUT2D eigenvalue weighted by Gasteiger charge is -2.32. The molecule has 0 saturated carbocycles. The third-order valence-electron chi connectivity index (χ3n) is 4.62. The lowest BCUT2D eigenvalue weighted by molar-refractivity contribution is -0.119. The lowest BCUT2D eigenvalue weighted by Crippen LogP contribution is -2.44. The molecule has 0 N–H and O–H groups in total. The molecule has 2 aromatic rings. The summed E-state index contributed by atoms with van der Waals surface area (Å²) in [6.45, 7) is 7.31. The van der Waals surface area contributed by atoms with Gasteiger partial charge in [0.25, 0.3) is 0 Å². The van der Waals surface area contributed by atoms with Gasteiger partial charge in [-0.1, -0.05) is 0 Å². The quantitative estimate of drug-likeness (QED) is 0.590. The second-order valence-electron chi connectivity index (χ2n) is 6.26. The molecule has 25 heavy (non-hydrogen) atoms. The maximum absolute atomic E-state index is 10.8. The number of hydrogen-bond acceptors (Lipinski definition) is 7. The zero-order valence-corrected chi connectivity index (χ0v) is 15.4. The van der Waals surface area contributed by atoms with Crippen LogP contribution in [0.15, 0.2) is 6.07 Å². The largest absolute Gasteiger partial charge is 0.378 e. The number of nitrogens with zero attached hydrogens (tertiary/aromatic N) is 5. The van der Waals surface area contributed by atoms with Crippen LogP contribution < -0.4 is 4.90 Å². The van der Waals surface area contributed by atoms with E-state index >= 15 is 0 Å². The highest BCUT2D eigenvalue weighted by Crippen LogP contribution is 2.34. The van der Waals surface area contributed by atoms with Gasteiger partial charge in [0.05, 0.1) is 23.4 Å². The van der Waals surface area contributed by atoms with Gasteiger partial charge >= 0.3 is 0 Å². The minimum absolute atomic E-state index is 0.290. The van der Waals surface area contributed by atoms with E-state index in [1.165, 1.54) is 4.88 Å². The van der Waals surface area contributed by atoms with Crippen molar-refractivity contribution in [3.05, 3.63) is 16.2 Å². The Morgan fingerprint density at radius 2 is 1.92 bits per heavy atom. The highest BCUT2D eigenvalue weighted by atomic mass is 35.5. The van der Waals surface area contributed by atoms with Crippen LogP contribution >= 0.6 is 22.9 Å². The number of carbonyl (C=O) groups is 1. The van der Waals surface area contributed by atoms with Crippen molar-refractivity contribution in [2.75, 3.05) is 57.4 Å². The number of carbonyl (C=O) groups excluding carboxylic acids is 1. The van der Waals surface area contributed by atoms with Crippen molar-refractivity contribution in [3.8, 4) is 0 Å². The van der Waals surface area contributed by atoms with Crippen LogP contribution in [-0.4, -0.2) is 78.7 Å². The van der Waals surface area contributed by atoms with Crippen LogP contribution in [0.5, 0.6) is 0 Å². The Hall–Kier alpha value is -1.48. The number of halogens is 1. The molecule has 9 heteroatoms. The Bertz CT molecular complexity index is 756. The third-order valence-corrected chi connectivity index (χ3v) is 5.90. The lowest BCUT2D eigenvalue weighted by atomic mass is 10.3. The number of piperazine rings is 1. The summed E-state index contributed by atoms with van der Waals surface area (Å²) in [6, 6.07) is 2.11. The number of fused-ring (bicyclic) bond motifs is 1. The van der Waals surface area contributed by atoms with Crippen LogP contribution in [0.1, 0.15) is 4.88 Å². The first-order valence-electron chi connectivity index (χ1n) is 8.43. The summed E-state index contributed by atoms with van der Waals surface area (Å²) in [5, 5.41) is 0.290. The summed E-state index contributed by atoms with van der Waals surface area (Å²) in [7, 11) is 0. The number of hydrogen-bond donors (Lipinski definition) is 0. The highest BCUT2D eigenvalue weighted by molar-refractivity contribution is 7.19. The van der Waals surface area contributed by atoms with E-state index in [1.807, 2.05) is 4.90 Å². The maximum atomic E-state index is 10.8. The van der Waals surface area contributed by atoms with Crippen LogP contribution in [0.4, 0.5) is 5.82 Å². The number of rotatable bonds is 4. The van der Waals surface area contributed by atoms with Crippen LogP contribution in [0.2, 0.25) is 5.28 Å². The van der Waals surface area contributed by atoms with E-state index in [0.29, 0.717) is 13.2 Å². The van der Waals surface area contributed by atoms with Crippen molar-refractivity contribution in [2.24, 2.45) is 0 Å². The Morgan fingerprint density at radius 1 is 1.16 bits per heavy atom. The summed E-state index contributed by atoms with van der Waals surface area (Å²) in [6.07, 6.45) is 0.934. The second kappa shape index (κ2) is 7.41. The number of thiophene rings is 1. The fourth-order valence-corrected chi connectivity index (χ4v) is 4.58. The summed E-state index contributed by atoms with van der Waals surface area (Å²) >= 11 is 7.89. The molecule has 2 saturated heterocycles. The molecule has 0 spiro atoms. The van der Waals surface area contributed by atoms with Crippen molar-refractivity contribution in [1.82, 2.24) is 19.8 Å². The van der Waals surface area contributed by atoms with Gasteiger partial charge in [-0.15, -0.1) is 11.3 Å². The first-order valence-corrected chi connectivity index (χ1v) is 9.63. The Labute approximate surface area is 155 Å². The molecule has 0 atom stereocenters. The van der Waals surface area contributed by atoms with Gasteiger partial charge in [-0.05, 0) is 17.7 Å². The van der Waals surface area contributed by atoms with Gasteiger partial charge in [-0.3, -0.25) is 9.69 Å². The first-order chi connectivity index (χ1) is 12.2. The predicted molar refractivity (Wildman–Crippen MR) is 98.4 cm³/mol. The molecule has 2 fully saturated rings. The molecule has 0 aliphatic carbocycles. The molecule has 4 rings (SSSR count). The van der Waals surface area contributed by atoms with Crippen molar-refractivity contribution >= 4 is 45.4 Å². The summed E-state index contributed by atoms with van der Waals surface area (Å²) in [5.74, 6) is 0.917. The monoisotopic (exact) mass is 381 g/mol. The van der Waals surface area contributed by atoms with Crippen molar-refractivity contribution in [1.29, 1.82) is 0 Å². The van der Waals surface area contributed by atoms with Crippen LogP contribution in [0.3, 0.4) is 0 Å². The van der Waals surface area contributed by atoms with Gasteiger partial charge in [0.15, 0.2) is 5.82 Å². The minimum Gasteiger partial charge on any atom is -0.378 e. The molecule has 2 aromatic heterocycles. The number of ether oxygens (including phenoxy) is 1. The minimum atomic E-state index is 0.290. The standard InChI is InChI=1S/C16H20ClN5O2S/c17-16-18-13-9-12(10-20-1-3-21(11-23)4-2-20)25-14(13)15(19-16)22-5-7-24-8-6-22/h9,11H,1-8,10H2. The molecule has 0 bridgehead atoms. The molecule has 0 aromatic carbocycles. The normalized spacial score (nSPS) is 19.6. The van der Waals surface area contributed by atoms with Gasteiger partial charge in [0, 0.05) is 50.7 Å². The van der Waals surface area contributed by atoms with Crippen molar-refractivity contribution in [3.63, 3.8) is 0 Å². The van der Waals surface area contributed by atoms with Crippen LogP contribution in [-0.2, 0) is 16.1 Å². The number of aromatic nitrogens is 2. The second-order valence-corrected chi connectivity index (χ2v) is 7.74. The zero-order valence-electron chi connectivity index (χ0n) is 13.9. The van der Waals surface area contributed by atoms with Gasteiger partial charge in [-0.25, -0.2) is 4.98 Å². The summed E-state index contributed by atoms with van der Waals surface area (Å²) in [4.78, 5) is 27.4. The summed E-state index contributed by atoms with van der Waals surface area (Å²) in [5.41, 5.74) is 0.910. The molecular formula is C16H20ClN5O2S. The predicted octanol–water partition coefficient (Wildman–Crippen LogP) is 1.46. The SMILES string of the molecule is O=CN1CCN(Cc2cc3nc(Cl)nc(N4CCOCC4)c3s2)CC1. The summed E-state index contributed by atoms with van der Waals surface area (Å²) < 4.78 is 6.53. The molecule has 0 radical (unpaired) electrons. The highest BCUT2D eigenvalue weighted by Gasteiger charge is 2.21. The topological polar surface area (TPSA) is 61.8 Å². The Balaban J connectivity index is 1.56. The fourth-order valence-electron chi connectivity index (χ4n) is 3.25. The number of morpholine rings is 1. The molecule has 4 heterocycles. The van der Waals surface area contributed by atoms with E-state index in [-0.39, 0.29) is 5.28 Å². The van der Waals surface area contributed by atoms with E-state index in [4.69, 9.17) is 16.3 Å². The van der Waals surface area contributed by atoms with Gasteiger partial charge in [0.1, 0.15) is 0 Å². The van der Waals surface area contributed by atoms with Crippen LogP contribution in [0, 0.1) is 0 Å². The fraction of sp³-hybridized carbons (Fsp3) is 0.562. The Kier molecular flexibility index (Phi) is 5.03. The molecule has 1 amide bonds. The average Bonchev–Trinajstić information content (AvgIpc) is 3.04. The van der Waals surface area contributed by atoms with Crippen molar-refractivity contribution in [2.45, 2.75) is 6.54 Å². The Morgan fingerprint density at radius 3 is 2.64 bits per heavy atom. The average molecular weight is 382 g/mol. The van der Waals surface area contributed by atoms with E-state index in [2.05, 4.69) is 25.8 Å². The van der Waals surface area contributed by atoms with E-state index in [9.17, 15) is 4.79 Å². The van der Waals surface area contributed by atoms with Gasteiger partial charge in [-0.2, -0.15) is 4.98 Å². The maximum Gasteiger partial charge on any atom is 0.224 e. The number of anilines is 1. The molecule has 0 unspecified atom stereocenters.